The molecule has 0 aliphatic carbocycles. The van der Waals surface area contributed by atoms with Crippen molar-refractivity contribution in [2.45, 2.75) is 39.2 Å². The van der Waals surface area contributed by atoms with Crippen LogP contribution in [0.3, 0.4) is 0 Å². The number of carbonyl (C=O) groups excluding carboxylic acids is 1. The molecule has 0 unspecified atom stereocenters. The third-order valence-electron chi connectivity index (χ3n) is 4.69. The van der Waals surface area contributed by atoms with Gasteiger partial charge in [0.05, 0.1) is 24.8 Å². The van der Waals surface area contributed by atoms with Gasteiger partial charge in [-0.15, -0.1) is 24.0 Å². The molecule has 0 atom stereocenters. The number of fused-ring (bicyclic) bond motifs is 1. The number of carbonyl (C=O) groups is 1. The maximum Gasteiger partial charge on any atom is 0.222 e. The van der Waals surface area contributed by atoms with Gasteiger partial charge in [-0.05, 0) is 37.5 Å². The molecule has 0 saturated carbocycles. The minimum Gasteiger partial charge on any atom is -0.489 e. The van der Waals surface area contributed by atoms with Crippen molar-refractivity contribution in [3.05, 3.63) is 22.7 Å². The monoisotopic (exact) mass is 536 g/mol. The molecule has 1 aromatic rings. The smallest absolute Gasteiger partial charge is 0.222 e. The van der Waals surface area contributed by atoms with Gasteiger partial charge in [-0.25, -0.2) is 4.99 Å². The molecule has 7 nitrogen and oxygen atoms in total. The summed E-state index contributed by atoms with van der Waals surface area (Å²) in [4.78, 5) is 18.2. The van der Waals surface area contributed by atoms with Gasteiger partial charge in [0.25, 0.3) is 0 Å². The van der Waals surface area contributed by atoms with Crippen LogP contribution in [0, 0.1) is 0 Å². The molecule has 2 N–H and O–H groups in total. The molecule has 3 rings (SSSR count). The van der Waals surface area contributed by atoms with E-state index in [-0.39, 0.29) is 29.9 Å². The fourth-order valence-electron chi connectivity index (χ4n) is 3.30. The summed E-state index contributed by atoms with van der Waals surface area (Å²) >= 11 is 6.36. The van der Waals surface area contributed by atoms with E-state index in [9.17, 15) is 4.79 Å². The molecule has 0 bridgehead atoms. The average molecular weight is 537 g/mol. The number of halogens is 2. The minimum atomic E-state index is 0. The number of likely N-dealkylation sites (tertiary alicyclic amines) is 1. The van der Waals surface area contributed by atoms with Gasteiger partial charge in [0.2, 0.25) is 5.91 Å². The summed E-state index contributed by atoms with van der Waals surface area (Å²) in [5.74, 6) is 2.32. The Bertz CT molecular complexity index is 717. The van der Waals surface area contributed by atoms with E-state index in [0.29, 0.717) is 42.7 Å². The van der Waals surface area contributed by atoms with Crippen molar-refractivity contribution in [2.24, 2.45) is 4.99 Å². The van der Waals surface area contributed by atoms with Crippen molar-refractivity contribution in [1.82, 2.24) is 15.5 Å². The molecular weight excluding hydrogens is 507 g/mol. The Kier molecular flexibility index (Phi) is 10.1. The summed E-state index contributed by atoms with van der Waals surface area (Å²) in [6.07, 6.45) is 3.41. The quantitative estimate of drug-likeness (QED) is 0.242. The Morgan fingerprint density at radius 1 is 1.24 bits per heavy atom. The van der Waals surface area contributed by atoms with Crippen LogP contribution < -0.4 is 20.1 Å². The lowest BCUT2D eigenvalue weighted by Gasteiger charge is -2.16. The minimum absolute atomic E-state index is 0. The molecule has 2 aliphatic rings. The Morgan fingerprint density at radius 2 is 2.07 bits per heavy atom. The molecule has 1 saturated heterocycles. The summed E-state index contributed by atoms with van der Waals surface area (Å²) < 4.78 is 11.4. The zero-order valence-corrected chi connectivity index (χ0v) is 19.9. The maximum absolute atomic E-state index is 11.7. The molecule has 1 amide bonds. The number of ether oxygens (including phenoxy) is 2. The number of amides is 1. The second kappa shape index (κ2) is 12.3. The van der Waals surface area contributed by atoms with Crippen LogP contribution >= 0.6 is 35.6 Å². The van der Waals surface area contributed by atoms with Gasteiger partial charge in [-0.3, -0.25) is 4.79 Å². The lowest BCUT2D eigenvalue weighted by Crippen LogP contribution is -2.39. The van der Waals surface area contributed by atoms with Crippen LogP contribution in [0.25, 0.3) is 0 Å². The lowest BCUT2D eigenvalue weighted by molar-refractivity contribution is -0.127. The van der Waals surface area contributed by atoms with Crippen LogP contribution in [0.4, 0.5) is 0 Å². The molecule has 2 aliphatic heterocycles. The third-order valence-corrected chi connectivity index (χ3v) is 4.98. The van der Waals surface area contributed by atoms with E-state index < -0.39 is 0 Å². The highest BCUT2D eigenvalue weighted by Crippen LogP contribution is 2.38. The highest BCUT2D eigenvalue weighted by Gasteiger charge is 2.19. The van der Waals surface area contributed by atoms with Crippen molar-refractivity contribution in [3.8, 4) is 11.5 Å². The van der Waals surface area contributed by atoms with Gasteiger partial charge >= 0.3 is 0 Å². The van der Waals surface area contributed by atoms with E-state index in [2.05, 4.69) is 15.6 Å². The number of nitrogens with zero attached hydrogens (tertiary/aromatic N) is 2. The van der Waals surface area contributed by atoms with Crippen LogP contribution in [0.2, 0.25) is 5.02 Å². The average Bonchev–Trinajstić information content (AvgIpc) is 2.94. The predicted molar refractivity (Wildman–Crippen MR) is 126 cm³/mol. The number of nitrogens with one attached hydrogen (secondary N) is 2. The van der Waals surface area contributed by atoms with Crippen LogP contribution in [0.5, 0.6) is 11.5 Å². The predicted octanol–water partition coefficient (Wildman–Crippen LogP) is 3.19. The van der Waals surface area contributed by atoms with E-state index in [1.54, 1.807) is 0 Å². The van der Waals surface area contributed by atoms with Crippen LogP contribution in [-0.2, 0) is 11.3 Å². The first-order valence-corrected chi connectivity index (χ1v) is 10.4. The molecule has 29 heavy (non-hydrogen) atoms. The van der Waals surface area contributed by atoms with Gasteiger partial charge in [0.1, 0.15) is 0 Å². The first-order chi connectivity index (χ1) is 13.7. The Balaban J connectivity index is 0.00000300. The SMILES string of the molecule is CCNC(=NCc1cc(Cl)c2c(c1)OCCCO2)NCCCN1CCCC1=O.I. The number of rotatable bonds is 7. The van der Waals surface area contributed by atoms with Crippen molar-refractivity contribution in [3.63, 3.8) is 0 Å². The van der Waals surface area contributed by atoms with Gasteiger partial charge in [0.15, 0.2) is 17.5 Å². The molecule has 9 heteroatoms. The molecule has 0 aromatic heterocycles. The maximum atomic E-state index is 11.7. The van der Waals surface area contributed by atoms with E-state index in [0.717, 1.165) is 57.0 Å². The Hall–Kier alpha value is -1.42. The molecule has 2 heterocycles. The third kappa shape index (κ3) is 7.09. The fourth-order valence-corrected chi connectivity index (χ4v) is 3.59. The normalized spacial score (nSPS) is 16.3. The molecule has 0 spiro atoms. The number of guanidine groups is 1. The number of benzene rings is 1. The highest BCUT2D eigenvalue weighted by atomic mass is 127. The van der Waals surface area contributed by atoms with Crippen LogP contribution in [-0.4, -0.2) is 56.2 Å². The highest BCUT2D eigenvalue weighted by molar-refractivity contribution is 14.0. The van der Waals surface area contributed by atoms with Crippen LogP contribution in [0.15, 0.2) is 17.1 Å². The summed E-state index contributed by atoms with van der Waals surface area (Å²) in [6, 6.07) is 3.82. The number of aliphatic imine (C=N–C) groups is 1. The summed E-state index contributed by atoms with van der Waals surface area (Å²) in [5, 5.41) is 7.13. The number of hydrogen-bond acceptors (Lipinski definition) is 4. The lowest BCUT2D eigenvalue weighted by atomic mass is 10.2. The van der Waals surface area contributed by atoms with Crippen molar-refractivity contribution < 1.29 is 14.3 Å². The van der Waals surface area contributed by atoms with Crippen LogP contribution in [0.1, 0.15) is 38.2 Å². The second-order valence-corrected chi connectivity index (χ2v) is 7.32. The number of hydrogen-bond donors (Lipinski definition) is 2. The largest absolute Gasteiger partial charge is 0.489 e. The molecule has 162 valence electrons. The molecule has 1 aromatic carbocycles. The summed E-state index contributed by atoms with van der Waals surface area (Å²) in [7, 11) is 0. The Morgan fingerprint density at radius 3 is 2.83 bits per heavy atom. The van der Waals surface area contributed by atoms with Crippen molar-refractivity contribution in [2.75, 3.05) is 39.4 Å². The van der Waals surface area contributed by atoms with E-state index in [1.807, 2.05) is 24.0 Å². The first-order valence-electron chi connectivity index (χ1n) is 10.1. The van der Waals surface area contributed by atoms with E-state index >= 15 is 0 Å². The summed E-state index contributed by atoms with van der Waals surface area (Å²) in [5.41, 5.74) is 0.967. The molecule has 1 fully saturated rings. The van der Waals surface area contributed by atoms with Gasteiger partial charge in [-0.1, -0.05) is 11.6 Å². The Labute approximate surface area is 194 Å². The van der Waals surface area contributed by atoms with E-state index in [1.165, 1.54) is 0 Å². The molecule has 0 radical (unpaired) electrons. The summed E-state index contributed by atoms with van der Waals surface area (Å²) in [6.45, 7) is 6.97. The molecular formula is C20H30ClIN4O3. The zero-order valence-electron chi connectivity index (χ0n) is 16.8. The van der Waals surface area contributed by atoms with E-state index in [4.69, 9.17) is 21.1 Å². The van der Waals surface area contributed by atoms with Gasteiger partial charge in [-0.2, -0.15) is 0 Å². The second-order valence-electron chi connectivity index (χ2n) is 6.92. The zero-order chi connectivity index (χ0) is 19.8. The fraction of sp³-hybridized carbons (Fsp3) is 0.600. The first kappa shape index (κ1) is 23.9. The topological polar surface area (TPSA) is 75.2 Å². The van der Waals surface area contributed by atoms with Gasteiger partial charge in [0, 0.05) is 39.0 Å². The van der Waals surface area contributed by atoms with Crippen molar-refractivity contribution >= 4 is 47.4 Å². The van der Waals surface area contributed by atoms with Gasteiger partial charge < -0.3 is 25.0 Å². The standard InChI is InChI=1S/C20H29ClN4O3.HI/c1-2-22-20(23-7-4-9-25-8-3-6-18(25)26)24-14-15-12-16(21)19-17(13-15)27-10-5-11-28-19;/h12-13H,2-11,14H2,1H3,(H2,22,23,24);1H. The van der Waals surface area contributed by atoms with Crippen molar-refractivity contribution in [1.29, 1.82) is 0 Å².